The maximum Gasteiger partial charge on any atom is 0.228 e. The maximum absolute atomic E-state index is 12.2. The van der Waals surface area contributed by atoms with Crippen molar-refractivity contribution in [2.75, 3.05) is 57.1 Å². The summed E-state index contributed by atoms with van der Waals surface area (Å²) in [6, 6.07) is 11.2. The van der Waals surface area contributed by atoms with Gasteiger partial charge in [0.2, 0.25) is 5.91 Å². The second-order valence-electron chi connectivity index (χ2n) is 6.39. The fourth-order valence-corrected chi connectivity index (χ4v) is 2.87. The third-order valence-electron chi connectivity index (χ3n) is 4.41. The minimum atomic E-state index is -0.0741. The summed E-state index contributed by atoms with van der Waals surface area (Å²) in [5.41, 5.74) is 1.62. The molecule has 2 aromatic rings. The number of pyridine rings is 1. The highest BCUT2D eigenvalue weighted by Crippen LogP contribution is 2.13. The highest BCUT2D eigenvalue weighted by Gasteiger charge is 2.09. The Labute approximate surface area is 159 Å². The summed E-state index contributed by atoms with van der Waals surface area (Å²) in [4.78, 5) is 18.9. The molecule has 0 spiro atoms. The smallest absolute Gasteiger partial charge is 0.228 e. The van der Waals surface area contributed by atoms with E-state index < -0.39 is 0 Å². The zero-order valence-corrected chi connectivity index (χ0v) is 15.6. The van der Waals surface area contributed by atoms with Gasteiger partial charge in [0.25, 0.3) is 0 Å². The van der Waals surface area contributed by atoms with E-state index in [1.807, 2.05) is 36.4 Å². The van der Waals surface area contributed by atoms with Crippen LogP contribution in [0.5, 0.6) is 5.75 Å². The number of methoxy groups -OCH3 is 1. The van der Waals surface area contributed by atoms with Crippen molar-refractivity contribution in [3.63, 3.8) is 0 Å². The quantitative estimate of drug-likeness (QED) is 0.740. The van der Waals surface area contributed by atoms with Gasteiger partial charge in [0, 0.05) is 26.2 Å². The first kappa shape index (κ1) is 19.1. The summed E-state index contributed by atoms with van der Waals surface area (Å²) < 4.78 is 10.5. The van der Waals surface area contributed by atoms with Crippen molar-refractivity contribution in [1.82, 2.24) is 9.88 Å². The van der Waals surface area contributed by atoms with Crippen molar-refractivity contribution in [2.45, 2.75) is 6.42 Å². The van der Waals surface area contributed by atoms with Gasteiger partial charge >= 0.3 is 0 Å². The van der Waals surface area contributed by atoms with Gasteiger partial charge in [-0.3, -0.25) is 9.69 Å². The van der Waals surface area contributed by atoms with Crippen molar-refractivity contribution < 1.29 is 14.3 Å². The molecule has 2 N–H and O–H groups in total. The van der Waals surface area contributed by atoms with E-state index in [1.54, 1.807) is 13.3 Å². The summed E-state index contributed by atoms with van der Waals surface area (Å²) in [6.45, 7) is 5.37. The molecular weight excluding hydrogens is 344 g/mol. The van der Waals surface area contributed by atoms with Gasteiger partial charge in [0.1, 0.15) is 11.6 Å². The molecule has 144 valence electrons. The summed E-state index contributed by atoms with van der Waals surface area (Å²) in [6.07, 6.45) is 1.98. The van der Waals surface area contributed by atoms with E-state index >= 15 is 0 Å². The molecule has 27 heavy (non-hydrogen) atoms. The molecule has 2 heterocycles. The molecule has 1 aliphatic heterocycles. The van der Waals surface area contributed by atoms with Gasteiger partial charge in [-0.2, -0.15) is 0 Å². The maximum atomic E-state index is 12.2. The van der Waals surface area contributed by atoms with Crippen LogP contribution in [0.15, 0.2) is 42.6 Å². The number of morpholine rings is 1. The van der Waals surface area contributed by atoms with Crippen LogP contribution >= 0.6 is 0 Å². The molecule has 7 nitrogen and oxygen atoms in total. The first-order valence-corrected chi connectivity index (χ1v) is 9.16. The molecule has 1 aromatic heterocycles. The van der Waals surface area contributed by atoms with E-state index in [-0.39, 0.29) is 5.91 Å². The Morgan fingerprint density at radius 2 is 1.96 bits per heavy atom. The largest absolute Gasteiger partial charge is 0.497 e. The number of hydrogen-bond acceptors (Lipinski definition) is 6. The van der Waals surface area contributed by atoms with Gasteiger partial charge < -0.3 is 20.1 Å². The first-order valence-electron chi connectivity index (χ1n) is 9.16. The highest BCUT2D eigenvalue weighted by molar-refractivity contribution is 5.92. The van der Waals surface area contributed by atoms with Crippen LogP contribution in [0.3, 0.4) is 0 Å². The lowest BCUT2D eigenvalue weighted by Gasteiger charge is -2.26. The number of amides is 1. The van der Waals surface area contributed by atoms with E-state index in [4.69, 9.17) is 9.47 Å². The third-order valence-corrected chi connectivity index (χ3v) is 4.41. The predicted octanol–water partition coefficient (Wildman–Crippen LogP) is 2.02. The lowest BCUT2D eigenvalue weighted by atomic mass is 10.1. The number of aromatic nitrogens is 1. The van der Waals surface area contributed by atoms with Crippen molar-refractivity contribution in [3.05, 3.63) is 48.2 Å². The summed E-state index contributed by atoms with van der Waals surface area (Å²) in [5.74, 6) is 1.51. The predicted molar refractivity (Wildman–Crippen MR) is 105 cm³/mol. The Morgan fingerprint density at radius 3 is 2.63 bits per heavy atom. The molecule has 0 atom stereocenters. The van der Waals surface area contributed by atoms with Gasteiger partial charge in [-0.1, -0.05) is 12.1 Å². The van der Waals surface area contributed by atoms with Crippen LogP contribution in [-0.4, -0.2) is 62.3 Å². The first-order chi connectivity index (χ1) is 13.2. The summed E-state index contributed by atoms with van der Waals surface area (Å²) >= 11 is 0. The molecule has 0 aliphatic carbocycles. The number of carbonyl (C=O) groups is 1. The van der Waals surface area contributed by atoms with Gasteiger partial charge in [0.05, 0.1) is 38.6 Å². The molecule has 1 aromatic carbocycles. The molecule has 3 rings (SSSR count). The topological polar surface area (TPSA) is 75.7 Å². The zero-order chi connectivity index (χ0) is 18.9. The molecule has 7 heteroatoms. The lowest BCUT2D eigenvalue weighted by Crippen LogP contribution is -2.39. The fourth-order valence-electron chi connectivity index (χ4n) is 2.87. The summed E-state index contributed by atoms with van der Waals surface area (Å²) in [5, 5.41) is 6.18. The standard InChI is InChI=1S/C20H26N4O3/c1-26-18-5-2-16(3-6-18)14-20(25)23-17-4-7-19(22-15-17)21-8-9-24-10-12-27-13-11-24/h2-7,15H,8-14H2,1H3,(H,21,22)(H,23,25). The zero-order valence-electron chi connectivity index (χ0n) is 15.6. The highest BCUT2D eigenvalue weighted by atomic mass is 16.5. The minimum Gasteiger partial charge on any atom is -0.497 e. The third kappa shape index (κ3) is 6.23. The van der Waals surface area contributed by atoms with Crippen LogP contribution in [0, 0.1) is 0 Å². The van der Waals surface area contributed by atoms with E-state index in [2.05, 4.69) is 20.5 Å². The fraction of sp³-hybridized carbons (Fsp3) is 0.400. The van der Waals surface area contributed by atoms with Crippen LogP contribution < -0.4 is 15.4 Å². The van der Waals surface area contributed by atoms with E-state index in [0.29, 0.717) is 12.1 Å². The van der Waals surface area contributed by atoms with Crippen LogP contribution in [-0.2, 0) is 16.0 Å². The molecule has 0 saturated carbocycles. The molecule has 0 radical (unpaired) electrons. The number of hydrogen-bond donors (Lipinski definition) is 2. The van der Waals surface area contributed by atoms with Gasteiger partial charge in [0.15, 0.2) is 0 Å². The van der Waals surface area contributed by atoms with Gasteiger partial charge in [-0.05, 0) is 29.8 Å². The number of nitrogens with one attached hydrogen (secondary N) is 2. The Hall–Kier alpha value is -2.64. The molecule has 0 bridgehead atoms. The van der Waals surface area contributed by atoms with Crippen LogP contribution in [0.1, 0.15) is 5.56 Å². The number of ether oxygens (including phenoxy) is 2. The number of rotatable bonds is 8. The lowest BCUT2D eigenvalue weighted by molar-refractivity contribution is -0.115. The Bertz CT molecular complexity index is 713. The molecule has 1 aliphatic rings. The average molecular weight is 370 g/mol. The second-order valence-corrected chi connectivity index (χ2v) is 6.39. The van der Waals surface area contributed by atoms with Gasteiger partial charge in [-0.15, -0.1) is 0 Å². The Morgan fingerprint density at radius 1 is 1.19 bits per heavy atom. The monoisotopic (exact) mass is 370 g/mol. The molecular formula is C20H26N4O3. The average Bonchev–Trinajstić information content (AvgIpc) is 2.71. The molecule has 1 amide bonds. The normalized spacial score (nSPS) is 14.6. The van der Waals surface area contributed by atoms with E-state index in [1.165, 1.54) is 0 Å². The van der Waals surface area contributed by atoms with E-state index in [0.717, 1.165) is 56.5 Å². The number of nitrogens with zero attached hydrogens (tertiary/aromatic N) is 2. The molecule has 0 unspecified atom stereocenters. The Balaban J connectivity index is 1.41. The SMILES string of the molecule is COc1ccc(CC(=O)Nc2ccc(NCCN3CCOCC3)nc2)cc1. The van der Waals surface area contributed by atoms with Crippen molar-refractivity contribution in [1.29, 1.82) is 0 Å². The van der Waals surface area contributed by atoms with Crippen LogP contribution in [0.25, 0.3) is 0 Å². The number of carbonyl (C=O) groups excluding carboxylic acids is 1. The summed E-state index contributed by atoms with van der Waals surface area (Å²) in [7, 11) is 1.62. The molecule has 1 saturated heterocycles. The van der Waals surface area contributed by atoms with Gasteiger partial charge in [-0.25, -0.2) is 4.98 Å². The van der Waals surface area contributed by atoms with Crippen LogP contribution in [0.2, 0.25) is 0 Å². The second kappa shape index (κ2) is 9.89. The number of benzene rings is 1. The van der Waals surface area contributed by atoms with Crippen LogP contribution in [0.4, 0.5) is 11.5 Å². The number of anilines is 2. The van der Waals surface area contributed by atoms with Crippen molar-refractivity contribution in [3.8, 4) is 5.75 Å². The Kier molecular flexibility index (Phi) is 7.01. The minimum absolute atomic E-state index is 0.0741. The van der Waals surface area contributed by atoms with E-state index in [9.17, 15) is 4.79 Å². The van der Waals surface area contributed by atoms with Crippen molar-refractivity contribution >= 4 is 17.4 Å². The van der Waals surface area contributed by atoms with Crippen molar-refractivity contribution in [2.24, 2.45) is 0 Å². The molecule has 1 fully saturated rings.